The maximum Gasteiger partial charge on any atom is 0.418 e. The second-order valence-corrected chi connectivity index (χ2v) is 4.64. The van der Waals surface area contributed by atoms with Crippen molar-refractivity contribution < 1.29 is 19.1 Å². The lowest BCUT2D eigenvalue weighted by Gasteiger charge is -2.16. The van der Waals surface area contributed by atoms with Crippen molar-refractivity contribution in [2.45, 2.75) is 13.8 Å². The average Bonchev–Trinajstić information content (AvgIpc) is 2.44. The van der Waals surface area contributed by atoms with Crippen molar-refractivity contribution in [3.8, 4) is 11.8 Å². The number of nitrogens with zero attached hydrogens (tertiary/aromatic N) is 2. The molecule has 0 aliphatic carbocycles. The van der Waals surface area contributed by atoms with Crippen molar-refractivity contribution in [2.24, 2.45) is 0 Å². The van der Waals surface area contributed by atoms with E-state index in [-0.39, 0.29) is 23.1 Å². The number of nitrogens with one attached hydrogen (secondary N) is 2. The molecule has 8 nitrogen and oxygen atoms in total. The molecule has 2 aromatic rings. The van der Waals surface area contributed by atoms with Crippen molar-refractivity contribution in [3.05, 3.63) is 35.7 Å². The Balaban J connectivity index is 2.02. The van der Waals surface area contributed by atoms with Gasteiger partial charge in [-0.2, -0.15) is 0 Å². The van der Waals surface area contributed by atoms with Crippen LogP contribution in [-0.4, -0.2) is 22.2 Å². The molecule has 0 fully saturated rings. The lowest BCUT2D eigenvalue weighted by atomic mass is 10.3. The summed E-state index contributed by atoms with van der Waals surface area (Å²) in [6.07, 6.45) is -1.52. The lowest BCUT2D eigenvalue weighted by molar-refractivity contribution is 0.208. The minimum atomic E-state index is -0.758. The Labute approximate surface area is 125 Å². The fourth-order valence-electron chi connectivity index (χ4n) is 1.86. The van der Waals surface area contributed by atoms with Gasteiger partial charge in [0.15, 0.2) is 0 Å². The Kier molecular flexibility index (Phi) is 3.34. The number of rotatable bonds is 0. The SMILES string of the molecule is Cc1ccc2c(n1)OC(=O)Nc1ccc(C)nc1OC(=O)N2. The van der Waals surface area contributed by atoms with Gasteiger partial charge in [-0.05, 0) is 38.1 Å². The number of aromatic nitrogens is 2. The van der Waals surface area contributed by atoms with Crippen LogP contribution in [0.5, 0.6) is 11.8 Å². The number of fused-ring (bicyclic) bond motifs is 2. The summed E-state index contributed by atoms with van der Waals surface area (Å²) in [5.74, 6) is -0.0315. The van der Waals surface area contributed by atoms with Crippen LogP contribution in [0.3, 0.4) is 0 Å². The molecular formula is C14H12N4O4. The Morgan fingerprint density at radius 2 is 1.18 bits per heavy atom. The van der Waals surface area contributed by atoms with Gasteiger partial charge in [0.05, 0.1) is 0 Å². The molecule has 2 amide bonds. The number of pyridine rings is 2. The summed E-state index contributed by atoms with van der Waals surface area (Å²) >= 11 is 0. The van der Waals surface area contributed by atoms with Crippen LogP contribution in [0.15, 0.2) is 24.3 Å². The molecule has 0 unspecified atom stereocenters. The number of carbonyl (C=O) groups is 2. The molecule has 0 aromatic carbocycles. The number of hydrogen-bond donors (Lipinski definition) is 2. The quantitative estimate of drug-likeness (QED) is 0.775. The number of aryl methyl sites for hydroxylation is 2. The minimum absolute atomic E-state index is 0.0158. The summed E-state index contributed by atoms with van der Waals surface area (Å²) in [6, 6.07) is 6.47. The van der Waals surface area contributed by atoms with Crippen molar-refractivity contribution in [3.63, 3.8) is 0 Å². The molecule has 3 heterocycles. The standard InChI is InChI=1S/C14H12N4O4/c1-7-3-5-9-11(15-7)21-13(19)18-10-6-4-8(2)16-12(10)22-14(20)17-9/h3-6H,1-2H3,(H,17,20)(H,18,19). The maximum atomic E-state index is 11.9. The first-order valence-electron chi connectivity index (χ1n) is 6.44. The molecular weight excluding hydrogens is 288 g/mol. The number of ether oxygens (including phenoxy) is 2. The van der Waals surface area contributed by atoms with Gasteiger partial charge in [0.25, 0.3) is 0 Å². The van der Waals surface area contributed by atoms with Gasteiger partial charge in [0, 0.05) is 11.4 Å². The molecule has 2 N–H and O–H groups in total. The van der Waals surface area contributed by atoms with E-state index >= 15 is 0 Å². The molecule has 1 aliphatic rings. The fourth-order valence-corrected chi connectivity index (χ4v) is 1.86. The predicted molar refractivity (Wildman–Crippen MR) is 77.2 cm³/mol. The molecule has 0 saturated heterocycles. The smallest absolute Gasteiger partial charge is 0.389 e. The number of anilines is 2. The van der Waals surface area contributed by atoms with E-state index in [4.69, 9.17) is 9.47 Å². The third-order valence-corrected chi connectivity index (χ3v) is 2.85. The zero-order valence-corrected chi connectivity index (χ0v) is 11.8. The van der Waals surface area contributed by atoms with Crippen molar-refractivity contribution >= 4 is 23.6 Å². The molecule has 1 aliphatic heterocycles. The maximum absolute atomic E-state index is 11.9. The molecule has 0 saturated carbocycles. The van der Waals surface area contributed by atoms with E-state index < -0.39 is 12.2 Å². The average molecular weight is 300 g/mol. The highest BCUT2D eigenvalue weighted by molar-refractivity contribution is 5.93. The molecule has 3 rings (SSSR count). The van der Waals surface area contributed by atoms with Crippen LogP contribution in [0.4, 0.5) is 21.0 Å². The summed E-state index contributed by atoms with van der Waals surface area (Å²) in [5.41, 5.74) is 1.72. The van der Waals surface area contributed by atoms with Gasteiger partial charge in [0.2, 0.25) is 11.8 Å². The number of carbonyl (C=O) groups excluding carboxylic acids is 2. The van der Waals surface area contributed by atoms with Crippen LogP contribution in [0, 0.1) is 13.8 Å². The molecule has 0 bridgehead atoms. The molecule has 112 valence electrons. The zero-order chi connectivity index (χ0) is 15.7. The van der Waals surface area contributed by atoms with E-state index in [1.165, 1.54) is 0 Å². The topological polar surface area (TPSA) is 102 Å². The van der Waals surface area contributed by atoms with E-state index in [0.717, 1.165) is 0 Å². The van der Waals surface area contributed by atoms with Crippen LogP contribution in [0.1, 0.15) is 11.4 Å². The highest BCUT2D eigenvalue weighted by Gasteiger charge is 2.20. The van der Waals surface area contributed by atoms with E-state index in [0.29, 0.717) is 11.4 Å². The lowest BCUT2D eigenvalue weighted by Crippen LogP contribution is -2.25. The highest BCUT2D eigenvalue weighted by Crippen LogP contribution is 2.27. The zero-order valence-electron chi connectivity index (χ0n) is 11.8. The summed E-state index contributed by atoms with van der Waals surface area (Å²) in [4.78, 5) is 32.0. The normalized spacial score (nSPS) is 13.7. The van der Waals surface area contributed by atoms with E-state index in [2.05, 4.69) is 20.6 Å². The second kappa shape index (κ2) is 5.32. The van der Waals surface area contributed by atoms with E-state index in [1.54, 1.807) is 38.1 Å². The number of hydrogen-bond acceptors (Lipinski definition) is 6. The Bertz CT molecular complexity index is 710. The van der Waals surface area contributed by atoms with Crippen molar-refractivity contribution in [2.75, 3.05) is 10.6 Å². The Hall–Kier alpha value is -3.16. The summed E-state index contributed by atoms with van der Waals surface area (Å²) < 4.78 is 10.3. The van der Waals surface area contributed by atoms with E-state index in [1.807, 2.05) is 0 Å². The Morgan fingerprint density at radius 1 is 0.773 bits per heavy atom. The van der Waals surface area contributed by atoms with Crippen LogP contribution < -0.4 is 20.1 Å². The first kappa shape index (κ1) is 13.8. The Morgan fingerprint density at radius 3 is 1.59 bits per heavy atom. The van der Waals surface area contributed by atoms with Crippen LogP contribution in [0.2, 0.25) is 0 Å². The first-order chi connectivity index (χ1) is 10.5. The van der Waals surface area contributed by atoms with Gasteiger partial charge in [-0.3, -0.25) is 10.6 Å². The molecule has 2 aromatic heterocycles. The van der Waals surface area contributed by atoms with E-state index in [9.17, 15) is 9.59 Å². The van der Waals surface area contributed by atoms with Gasteiger partial charge < -0.3 is 9.47 Å². The third kappa shape index (κ3) is 2.80. The van der Waals surface area contributed by atoms with Crippen molar-refractivity contribution in [1.82, 2.24) is 9.97 Å². The van der Waals surface area contributed by atoms with Crippen LogP contribution in [0.25, 0.3) is 0 Å². The monoisotopic (exact) mass is 300 g/mol. The van der Waals surface area contributed by atoms with Gasteiger partial charge >= 0.3 is 12.2 Å². The largest absolute Gasteiger partial charge is 0.418 e. The molecule has 8 heteroatoms. The first-order valence-corrected chi connectivity index (χ1v) is 6.44. The summed E-state index contributed by atoms with van der Waals surface area (Å²) in [6.45, 7) is 3.47. The van der Waals surface area contributed by atoms with Crippen LogP contribution >= 0.6 is 0 Å². The molecule has 0 spiro atoms. The van der Waals surface area contributed by atoms with Gasteiger partial charge in [-0.15, -0.1) is 0 Å². The fraction of sp³-hybridized carbons (Fsp3) is 0.143. The minimum Gasteiger partial charge on any atom is -0.389 e. The van der Waals surface area contributed by atoms with Gasteiger partial charge in [-0.1, -0.05) is 0 Å². The molecule has 0 radical (unpaired) electrons. The van der Waals surface area contributed by atoms with Crippen LogP contribution in [-0.2, 0) is 0 Å². The molecule has 0 atom stereocenters. The summed E-state index contributed by atoms with van der Waals surface area (Å²) in [5, 5.41) is 4.94. The second-order valence-electron chi connectivity index (χ2n) is 4.64. The van der Waals surface area contributed by atoms with Gasteiger partial charge in [-0.25, -0.2) is 19.6 Å². The highest BCUT2D eigenvalue weighted by atomic mass is 16.6. The third-order valence-electron chi connectivity index (χ3n) is 2.85. The number of amides is 2. The molecule has 22 heavy (non-hydrogen) atoms. The van der Waals surface area contributed by atoms with Crippen molar-refractivity contribution in [1.29, 1.82) is 0 Å². The summed E-state index contributed by atoms with van der Waals surface area (Å²) in [7, 11) is 0. The predicted octanol–water partition coefficient (Wildman–Crippen LogP) is 2.63. The van der Waals surface area contributed by atoms with Gasteiger partial charge in [0.1, 0.15) is 11.4 Å².